The van der Waals surface area contributed by atoms with Crippen molar-refractivity contribution in [1.29, 1.82) is 0 Å². The van der Waals surface area contributed by atoms with Gasteiger partial charge in [0.15, 0.2) is 11.5 Å². The minimum atomic E-state index is -0.277. The molecular weight excluding hydrogens is 296 g/mol. The summed E-state index contributed by atoms with van der Waals surface area (Å²) in [4.78, 5) is 14.2. The van der Waals surface area contributed by atoms with Crippen LogP contribution in [0, 0.1) is 5.92 Å². The Labute approximate surface area is 135 Å². The van der Waals surface area contributed by atoms with Gasteiger partial charge in [-0.2, -0.15) is 0 Å². The number of piperidine rings is 1. The van der Waals surface area contributed by atoms with Crippen molar-refractivity contribution in [2.75, 3.05) is 26.9 Å². The molecule has 124 valence electrons. The normalized spacial score (nSPS) is 29.3. The Morgan fingerprint density at radius 3 is 3.09 bits per heavy atom. The fourth-order valence-electron chi connectivity index (χ4n) is 3.77. The van der Waals surface area contributed by atoms with Gasteiger partial charge < -0.3 is 19.5 Å². The Kier molecular flexibility index (Phi) is 3.87. The zero-order valence-electron chi connectivity index (χ0n) is 13.3. The molecule has 3 atom stereocenters. The van der Waals surface area contributed by atoms with Crippen LogP contribution in [0.2, 0.25) is 0 Å². The van der Waals surface area contributed by atoms with E-state index >= 15 is 0 Å². The van der Waals surface area contributed by atoms with Crippen molar-refractivity contribution >= 4 is 5.91 Å². The van der Waals surface area contributed by atoms with Gasteiger partial charge in [-0.25, -0.2) is 0 Å². The lowest BCUT2D eigenvalue weighted by Gasteiger charge is -2.34. The molecule has 0 spiro atoms. The number of benzene rings is 1. The molecule has 3 aliphatic heterocycles. The maximum atomic E-state index is 11.8. The maximum absolute atomic E-state index is 11.8. The van der Waals surface area contributed by atoms with Crippen LogP contribution in [0.25, 0.3) is 0 Å². The molecule has 0 aliphatic carbocycles. The van der Waals surface area contributed by atoms with Crippen molar-refractivity contribution in [3.8, 4) is 11.5 Å². The number of amides is 1. The molecule has 6 heteroatoms. The Bertz CT molecular complexity index is 606. The molecule has 1 amide bonds. The Balaban J connectivity index is 1.38. The van der Waals surface area contributed by atoms with E-state index in [1.54, 1.807) is 7.05 Å². The Morgan fingerprint density at radius 1 is 1.35 bits per heavy atom. The highest BCUT2D eigenvalue weighted by atomic mass is 16.7. The van der Waals surface area contributed by atoms with Crippen LogP contribution in [-0.4, -0.2) is 49.9 Å². The van der Waals surface area contributed by atoms with Crippen LogP contribution in [0.1, 0.15) is 18.4 Å². The van der Waals surface area contributed by atoms with Crippen molar-refractivity contribution in [2.24, 2.45) is 5.92 Å². The molecule has 1 N–H and O–H groups in total. The van der Waals surface area contributed by atoms with Crippen molar-refractivity contribution in [3.05, 3.63) is 23.8 Å². The van der Waals surface area contributed by atoms with Crippen molar-refractivity contribution in [3.63, 3.8) is 0 Å². The van der Waals surface area contributed by atoms with Gasteiger partial charge in [-0.3, -0.25) is 9.69 Å². The molecule has 2 fully saturated rings. The predicted octanol–water partition coefficient (Wildman–Crippen LogP) is 1.14. The zero-order chi connectivity index (χ0) is 15.8. The van der Waals surface area contributed by atoms with E-state index in [1.165, 1.54) is 5.56 Å². The van der Waals surface area contributed by atoms with Gasteiger partial charge >= 0.3 is 0 Å². The number of hydrogen-bond donors (Lipinski definition) is 1. The fourth-order valence-corrected chi connectivity index (χ4v) is 3.77. The standard InChI is InChI=1S/C17H22N2O4/c1-18-17(20)15-7-12-4-5-19(9-16(12)23-15)8-11-2-3-13-14(6-11)22-10-21-13/h2-3,6,12,15-16H,4-5,7-10H2,1H3,(H,18,20)/t12-,15+,16-/m0/s1. The van der Waals surface area contributed by atoms with Gasteiger partial charge in [0.25, 0.3) is 0 Å². The first-order chi connectivity index (χ1) is 11.2. The van der Waals surface area contributed by atoms with E-state index in [1.807, 2.05) is 6.07 Å². The second kappa shape index (κ2) is 6.02. The topological polar surface area (TPSA) is 60.0 Å². The summed E-state index contributed by atoms with van der Waals surface area (Å²) in [5.74, 6) is 2.15. The lowest BCUT2D eigenvalue weighted by atomic mass is 9.91. The second-order valence-electron chi connectivity index (χ2n) is 6.48. The number of likely N-dealkylation sites (tertiary alicyclic amines) is 1. The Morgan fingerprint density at radius 2 is 2.22 bits per heavy atom. The summed E-state index contributed by atoms with van der Waals surface area (Å²) < 4.78 is 16.8. The summed E-state index contributed by atoms with van der Waals surface area (Å²) in [5, 5.41) is 2.69. The van der Waals surface area contributed by atoms with Crippen molar-refractivity contribution in [1.82, 2.24) is 10.2 Å². The van der Waals surface area contributed by atoms with Crippen LogP contribution in [0.3, 0.4) is 0 Å². The van der Waals surface area contributed by atoms with Gasteiger partial charge in [0, 0.05) is 20.1 Å². The molecule has 4 rings (SSSR count). The van der Waals surface area contributed by atoms with E-state index in [0.717, 1.165) is 44.0 Å². The first-order valence-corrected chi connectivity index (χ1v) is 8.21. The minimum absolute atomic E-state index is 0.00159. The summed E-state index contributed by atoms with van der Waals surface area (Å²) in [6, 6.07) is 6.11. The lowest BCUT2D eigenvalue weighted by molar-refractivity contribution is -0.132. The first-order valence-electron chi connectivity index (χ1n) is 8.21. The number of carbonyl (C=O) groups excluding carboxylic acids is 1. The van der Waals surface area contributed by atoms with Gasteiger partial charge in [-0.1, -0.05) is 6.07 Å². The largest absolute Gasteiger partial charge is 0.454 e. The third-order valence-electron chi connectivity index (χ3n) is 5.02. The lowest BCUT2D eigenvalue weighted by Crippen LogP contribution is -2.42. The number of nitrogens with one attached hydrogen (secondary N) is 1. The number of fused-ring (bicyclic) bond motifs is 2. The number of ether oxygens (including phenoxy) is 3. The summed E-state index contributed by atoms with van der Waals surface area (Å²) >= 11 is 0. The summed E-state index contributed by atoms with van der Waals surface area (Å²) in [5.41, 5.74) is 1.22. The summed E-state index contributed by atoms with van der Waals surface area (Å²) in [6.45, 7) is 3.10. The van der Waals surface area contributed by atoms with E-state index in [-0.39, 0.29) is 18.1 Å². The average molecular weight is 318 g/mol. The summed E-state index contributed by atoms with van der Waals surface area (Å²) in [6.07, 6.45) is 1.82. The van der Waals surface area contributed by atoms with Gasteiger partial charge in [0.05, 0.1) is 6.10 Å². The fraction of sp³-hybridized carbons (Fsp3) is 0.588. The first kappa shape index (κ1) is 14.8. The molecule has 0 radical (unpaired) electrons. The SMILES string of the molecule is CNC(=O)[C@H]1C[C@@H]2CCN(Cc3ccc4c(c3)OCO4)C[C@@H]2O1. The number of carbonyl (C=O) groups is 1. The van der Waals surface area contributed by atoms with E-state index in [2.05, 4.69) is 22.3 Å². The van der Waals surface area contributed by atoms with Crippen LogP contribution in [0.5, 0.6) is 11.5 Å². The zero-order valence-corrected chi connectivity index (χ0v) is 13.3. The highest BCUT2D eigenvalue weighted by Crippen LogP contribution is 2.35. The summed E-state index contributed by atoms with van der Waals surface area (Å²) in [7, 11) is 1.67. The molecule has 0 saturated carbocycles. The second-order valence-corrected chi connectivity index (χ2v) is 6.48. The molecular formula is C17H22N2O4. The number of nitrogens with zero attached hydrogens (tertiary/aromatic N) is 1. The molecule has 1 aromatic rings. The van der Waals surface area contributed by atoms with Gasteiger partial charge in [-0.15, -0.1) is 0 Å². The van der Waals surface area contributed by atoms with Gasteiger partial charge in [0.1, 0.15) is 6.10 Å². The van der Waals surface area contributed by atoms with E-state index < -0.39 is 0 Å². The van der Waals surface area contributed by atoms with Crippen LogP contribution < -0.4 is 14.8 Å². The molecule has 3 heterocycles. The Hall–Kier alpha value is -1.79. The predicted molar refractivity (Wildman–Crippen MR) is 83.3 cm³/mol. The molecule has 0 unspecified atom stereocenters. The average Bonchev–Trinajstić information content (AvgIpc) is 3.19. The van der Waals surface area contributed by atoms with Crippen LogP contribution in [0.4, 0.5) is 0 Å². The number of hydrogen-bond acceptors (Lipinski definition) is 5. The number of rotatable bonds is 3. The third-order valence-corrected chi connectivity index (χ3v) is 5.02. The van der Waals surface area contributed by atoms with E-state index in [9.17, 15) is 4.79 Å². The molecule has 0 bridgehead atoms. The van der Waals surface area contributed by atoms with Crippen LogP contribution in [0.15, 0.2) is 18.2 Å². The molecule has 0 aromatic heterocycles. The van der Waals surface area contributed by atoms with Gasteiger partial charge in [-0.05, 0) is 43.0 Å². The molecule has 1 aromatic carbocycles. The monoisotopic (exact) mass is 318 g/mol. The quantitative estimate of drug-likeness (QED) is 0.906. The van der Waals surface area contributed by atoms with Crippen LogP contribution in [-0.2, 0) is 16.1 Å². The highest BCUT2D eigenvalue weighted by molar-refractivity contribution is 5.80. The van der Waals surface area contributed by atoms with E-state index in [0.29, 0.717) is 12.7 Å². The molecule has 6 nitrogen and oxygen atoms in total. The van der Waals surface area contributed by atoms with Gasteiger partial charge in [0.2, 0.25) is 12.7 Å². The third kappa shape index (κ3) is 2.88. The van der Waals surface area contributed by atoms with Crippen LogP contribution >= 0.6 is 0 Å². The maximum Gasteiger partial charge on any atom is 0.248 e. The van der Waals surface area contributed by atoms with Crippen molar-refractivity contribution < 1.29 is 19.0 Å². The smallest absolute Gasteiger partial charge is 0.248 e. The molecule has 3 aliphatic rings. The molecule has 23 heavy (non-hydrogen) atoms. The van der Waals surface area contributed by atoms with E-state index in [4.69, 9.17) is 14.2 Å². The highest BCUT2D eigenvalue weighted by Gasteiger charge is 2.41. The molecule has 2 saturated heterocycles. The number of likely N-dealkylation sites (N-methyl/N-ethyl adjacent to an activating group) is 1. The minimum Gasteiger partial charge on any atom is -0.454 e. The van der Waals surface area contributed by atoms with Crippen molar-refractivity contribution in [2.45, 2.75) is 31.6 Å².